The number of nitrogens with zero attached hydrogens (tertiary/aromatic N) is 2. The van der Waals surface area contributed by atoms with Gasteiger partial charge in [-0.2, -0.15) is 0 Å². The summed E-state index contributed by atoms with van der Waals surface area (Å²) < 4.78 is 12.3. The number of oxazole rings is 1. The first kappa shape index (κ1) is 15.4. The molecule has 0 fully saturated rings. The monoisotopic (exact) mass is 312 g/mol. The maximum absolute atomic E-state index is 12.0. The lowest BCUT2D eigenvalue weighted by Gasteiger charge is -2.17. The fourth-order valence-corrected chi connectivity index (χ4v) is 2.61. The summed E-state index contributed by atoms with van der Waals surface area (Å²) in [6, 6.07) is 15.5. The maximum atomic E-state index is 12.0. The van der Waals surface area contributed by atoms with Crippen molar-refractivity contribution in [1.29, 1.82) is 0 Å². The molecule has 0 aliphatic rings. The molecule has 1 aromatic heterocycles. The molecule has 2 aromatic carbocycles. The molecule has 0 unspecified atom stereocenters. The zero-order chi connectivity index (χ0) is 16.2. The van der Waals surface area contributed by atoms with E-state index in [1.165, 1.54) is 0 Å². The molecule has 1 heterocycles. The molecule has 0 aliphatic heterocycles. The van der Waals surface area contributed by atoms with Crippen molar-refractivity contribution in [2.75, 3.05) is 13.7 Å². The van der Waals surface area contributed by atoms with Crippen molar-refractivity contribution in [3.63, 3.8) is 0 Å². The summed E-state index contributed by atoms with van der Waals surface area (Å²) in [6.45, 7) is 3.84. The highest BCUT2D eigenvalue weighted by molar-refractivity contribution is 5.72. The normalized spacial score (nSPS) is 11.3. The summed E-state index contributed by atoms with van der Waals surface area (Å²) in [7, 11) is 1.98. The predicted octanol–water partition coefficient (Wildman–Crippen LogP) is 3.08. The smallest absolute Gasteiger partial charge is 0.421 e. The van der Waals surface area contributed by atoms with Crippen molar-refractivity contribution < 1.29 is 9.15 Å². The molecule has 3 aromatic rings. The summed E-state index contributed by atoms with van der Waals surface area (Å²) in [5, 5.41) is 0. The van der Waals surface area contributed by atoms with Crippen LogP contribution in [0.15, 0.2) is 57.7 Å². The van der Waals surface area contributed by atoms with E-state index < -0.39 is 0 Å². The number of aromatic nitrogens is 1. The van der Waals surface area contributed by atoms with Crippen molar-refractivity contribution >= 4 is 11.1 Å². The number of hydrogen-bond acceptors (Lipinski definition) is 4. The number of hydrogen-bond donors (Lipinski definition) is 0. The second kappa shape index (κ2) is 6.71. The van der Waals surface area contributed by atoms with Gasteiger partial charge in [0, 0.05) is 6.54 Å². The van der Waals surface area contributed by atoms with Crippen LogP contribution >= 0.6 is 0 Å². The van der Waals surface area contributed by atoms with Crippen molar-refractivity contribution in [2.24, 2.45) is 0 Å². The van der Waals surface area contributed by atoms with Gasteiger partial charge in [-0.05, 0) is 43.8 Å². The summed E-state index contributed by atoms with van der Waals surface area (Å²) in [5.41, 5.74) is 2.60. The lowest BCUT2D eigenvalue weighted by Crippen LogP contribution is -2.27. The van der Waals surface area contributed by atoms with E-state index in [9.17, 15) is 4.79 Å². The molecule has 0 spiro atoms. The minimum Gasteiger partial charge on any atom is -0.494 e. The quantitative estimate of drug-likeness (QED) is 0.702. The van der Waals surface area contributed by atoms with Gasteiger partial charge in [0.15, 0.2) is 5.58 Å². The molecular weight excluding hydrogens is 292 g/mol. The Morgan fingerprint density at radius 2 is 1.87 bits per heavy atom. The van der Waals surface area contributed by atoms with E-state index >= 15 is 0 Å². The van der Waals surface area contributed by atoms with Crippen molar-refractivity contribution in [2.45, 2.75) is 20.1 Å². The minimum absolute atomic E-state index is 0.329. The molecule has 0 saturated heterocycles. The summed E-state index contributed by atoms with van der Waals surface area (Å²) in [6.07, 6.45) is 0. The van der Waals surface area contributed by atoms with Gasteiger partial charge in [-0.1, -0.05) is 24.3 Å². The van der Waals surface area contributed by atoms with Crippen LogP contribution in [0.4, 0.5) is 0 Å². The molecule has 0 aliphatic carbocycles. The molecule has 5 nitrogen and oxygen atoms in total. The Balaban J connectivity index is 1.72. The lowest BCUT2D eigenvalue weighted by atomic mass is 10.2. The fraction of sp³-hybridized carbons (Fsp3) is 0.278. The summed E-state index contributed by atoms with van der Waals surface area (Å²) in [5.74, 6) is 0.542. The molecule has 0 N–H and O–H groups in total. The highest BCUT2D eigenvalue weighted by Gasteiger charge is 2.10. The Bertz CT molecular complexity index is 833. The van der Waals surface area contributed by atoms with Crippen LogP contribution in [0.5, 0.6) is 5.75 Å². The SMILES string of the molecule is CCOc1ccc(CN(C)Cn2c(=O)oc3ccccc32)cc1. The van der Waals surface area contributed by atoms with Gasteiger partial charge in [0.2, 0.25) is 0 Å². The average molecular weight is 312 g/mol. The third-order valence-corrected chi connectivity index (χ3v) is 3.64. The zero-order valence-corrected chi connectivity index (χ0v) is 13.4. The number of ether oxygens (including phenoxy) is 1. The Labute approximate surface area is 134 Å². The molecule has 5 heteroatoms. The van der Waals surface area contributed by atoms with Crippen LogP contribution in [0.25, 0.3) is 11.1 Å². The lowest BCUT2D eigenvalue weighted by molar-refractivity contribution is 0.253. The largest absolute Gasteiger partial charge is 0.494 e. The molecular formula is C18H20N2O3. The highest BCUT2D eigenvalue weighted by Crippen LogP contribution is 2.15. The van der Waals surface area contributed by atoms with Gasteiger partial charge < -0.3 is 9.15 Å². The maximum Gasteiger partial charge on any atom is 0.421 e. The van der Waals surface area contributed by atoms with Gasteiger partial charge in [-0.25, -0.2) is 4.79 Å². The Kier molecular flexibility index (Phi) is 4.48. The number of rotatable bonds is 6. The molecule has 0 bridgehead atoms. The van der Waals surface area contributed by atoms with Crippen molar-refractivity contribution in [3.8, 4) is 5.75 Å². The van der Waals surface area contributed by atoms with Gasteiger partial charge in [0.05, 0.1) is 18.8 Å². The van der Waals surface area contributed by atoms with Crippen molar-refractivity contribution in [1.82, 2.24) is 9.47 Å². The second-order valence-corrected chi connectivity index (χ2v) is 5.50. The standard InChI is InChI=1S/C18H20N2O3/c1-3-22-15-10-8-14(9-11-15)12-19(2)13-20-16-6-4-5-7-17(16)23-18(20)21/h4-11H,3,12-13H2,1-2H3. The Morgan fingerprint density at radius 1 is 1.13 bits per heavy atom. The van der Waals surface area contributed by atoms with E-state index in [1.54, 1.807) is 10.6 Å². The first-order chi connectivity index (χ1) is 11.2. The third kappa shape index (κ3) is 3.46. The fourth-order valence-electron chi connectivity index (χ4n) is 2.61. The molecule has 0 saturated carbocycles. The molecule has 3 rings (SSSR count). The molecule has 0 amide bonds. The molecule has 0 atom stereocenters. The number of fused-ring (bicyclic) bond motifs is 1. The van der Waals surface area contributed by atoms with Crippen LogP contribution in [0, 0.1) is 0 Å². The minimum atomic E-state index is -0.329. The van der Waals surface area contributed by atoms with E-state index in [0.717, 1.165) is 23.4 Å². The zero-order valence-electron chi connectivity index (χ0n) is 13.4. The van der Waals surface area contributed by atoms with Crippen LogP contribution in [-0.4, -0.2) is 23.1 Å². The van der Waals surface area contributed by atoms with E-state index in [-0.39, 0.29) is 5.76 Å². The Morgan fingerprint density at radius 3 is 2.61 bits per heavy atom. The van der Waals surface area contributed by atoms with Crippen LogP contribution < -0.4 is 10.5 Å². The van der Waals surface area contributed by atoms with Gasteiger partial charge in [0.25, 0.3) is 0 Å². The van der Waals surface area contributed by atoms with E-state index in [0.29, 0.717) is 18.9 Å². The highest BCUT2D eigenvalue weighted by atomic mass is 16.5. The van der Waals surface area contributed by atoms with E-state index in [1.807, 2.05) is 56.4 Å². The first-order valence-corrected chi connectivity index (χ1v) is 7.66. The van der Waals surface area contributed by atoms with E-state index in [2.05, 4.69) is 4.90 Å². The number of benzene rings is 2. The molecule has 120 valence electrons. The average Bonchev–Trinajstić information content (AvgIpc) is 2.85. The molecule has 23 heavy (non-hydrogen) atoms. The van der Waals surface area contributed by atoms with Gasteiger partial charge in [-0.15, -0.1) is 0 Å². The van der Waals surface area contributed by atoms with Crippen LogP contribution in [-0.2, 0) is 13.2 Å². The Hall–Kier alpha value is -2.53. The van der Waals surface area contributed by atoms with Crippen molar-refractivity contribution in [3.05, 3.63) is 64.6 Å². The molecule has 0 radical (unpaired) electrons. The second-order valence-electron chi connectivity index (χ2n) is 5.50. The van der Waals surface area contributed by atoms with Crippen LogP contribution in [0.2, 0.25) is 0 Å². The topological polar surface area (TPSA) is 47.6 Å². The van der Waals surface area contributed by atoms with E-state index in [4.69, 9.17) is 9.15 Å². The van der Waals surface area contributed by atoms with Crippen LogP contribution in [0.3, 0.4) is 0 Å². The first-order valence-electron chi connectivity index (χ1n) is 7.66. The van der Waals surface area contributed by atoms with Crippen LogP contribution in [0.1, 0.15) is 12.5 Å². The van der Waals surface area contributed by atoms with Gasteiger partial charge in [-0.3, -0.25) is 9.47 Å². The summed E-state index contributed by atoms with van der Waals surface area (Å²) >= 11 is 0. The summed E-state index contributed by atoms with van der Waals surface area (Å²) in [4.78, 5) is 14.1. The third-order valence-electron chi connectivity index (χ3n) is 3.64. The van der Waals surface area contributed by atoms with Gasteiger partial charge in [0.1, 0.15) is 5.75 Å². The van der Waals surface area contributed by atoms with Gasteiger partial charge >= 0.3 is 5.76 Å². The number of para-hydroxylation sites is 2. The predicted molar refractivity (Wildman–Crippen MR) is 89.6 cm³/mol.